The van der Waals surface area contributed by atoms with Gasteiger partial charge in [0.15, 0.2) is 0 Å². The second kappa shape index (κ2) is 3.28. The molecule has 2 rings (SSSR count). The molecule has 4 heteroatoms. The smallest absolute Gasteiger partial charge is 0.144 e. The van der Waals surface area contributed by atoms with Gasteiger partial charge in [-0.15, -0.1) is 0 Å². The average Bonchev–Trinajstić information content (AvgIpc) is 2.43. The number of hydrogen-bond donors (Lipinski definition) is 0. The zero-order valence-corrected chi connectivity index (χ0v) is 9.92. The zero-order chi connectivity index (χ0) is 10.3. The Bertz CT molecular complexity index is 490. The van der Waals surface area contributed by atoms with Crippen LogP contribution in [0.25, 0.3) is 10.9 Å². The van der Waals surface area contributed by atoms with E-state index in [9.17, 15) is 0 Å². The van der Waals surface area contributed by atoms with Crippen LogP contribution in [0.5, 0.6) is 5.75 Å². The van der Waals surface area contributed by atoms with Crippen LogP contribution >= 0.6 is 15.9 Å². The topological polar surface area (TPSA) is 27.1 Å². The summed E-state index contributed by atoms with van der Waals surface area (Å²) in [6.45, 7) is 1.98. The number of hydrogen-bond acceptors (Lipinski definition) is 2. The van der Waals surface area contributed by atoms with Gasteiger partial charge in [0, 0.05) is 7.05 Å². The van der Waals surface area contributed by atoms with Crippen LogP contribution in [0.1, 0.15) is 5.69 Å². The summed E-state index contributed by atoms with van der Waals surface area (Å²) in [6.07, 6.45) is 0. The summed E-state index contributed by atoms with van der Waals surface area (Å²) < 4.78 is 8.17. The molecule has 0 amide bonds. The molecule has 0 saturated heterocycles. The normalized spacial score (nSPS) is 10.9. The maximum atomic E-state index is 5.35. The van der Waals surface area contributed by atoms with Gasteiger partial charge in [-0.05, 0) is 35.0 Å². The number of nitrogens with zero attached hydrogens (tertiary/aromatic N) is 2. The maximum Gasteiger partial charge on any atom is 0.144 e. The summed E-state index contributed by atoms with van der Waals surface area (Å²) >= 11 is 3.46. The highest BCUT2D eigenvalue weighted by molar-refractivity contribution is 9.10. The van der Waals surface area contributed by atoms with Crippen molar-refractivity contribution in [3.05, 3.63) is 22.3 Å². The van der Waals surface area contributed by atoms with Crippen molar-refractivity contribution in [3.8, 4) is 5.75 Å². The molecule has 3 nitrogen and oxygen atoms in total. The third kappa shape index (κ3) is 1.21. The van der Waals surface area contributed by atoms with E-state index in [-0.39, 0.29) is 0 Å². The number of halogens is 1. The summed E-state index contributed by atoms with van der Waals surface area (Å²) in [4.78, 5) is 0. The predicted octanol–water partition coefficient (Wildman–Crippen LogP) is 2.65. The molecule has 0 spiro atoms. The molecule has 0 radical (unpaired) electrons. The van der Waals surface area contributed by atoms with Crippen LogP contribution < -0.4 is 4.74 Å². The summed E-state index contributed by atoms with van der Waals surface area (Å²) in [6, 6.07) is 4.00. The van der Waals surface area contributed by atoms with E-state index in [1.807, 2.05) is 30.8 Å². The van der Waals surface area contributed by atoms with Crippen molar-refractivity contribution in [1.82, 2.24) is 9.78 Å². The molecule has 0 atom stereocenters. The van der Waals surface area contributed by atoms with Crippen molar-refractivity contribution in [2.24, 2.45) is 7.05 Å². The van der Waals surface area contributed by atoms with E-state index in [1.165, 1.54) is 0 Å². The third-order valence-electron chi connectivity index (χ3n) is 2.30. The fourth-order valence-electron chi connectivity index (χ4n) is 1.69. The summed E-state index contributed by atoms with van der Waals surface area (Å²) in [5.41, 5.74) is 2.07. The van der Waals surface area contributed by atoms with Crippen molar-refractivity contribution >= 4 is 26.8 Å². The van der Waals surface area contributed by atoms with Gasteiger partial charge in [-0.25, -0.2) is 0 Å². The van der Waals surface area contributed by atoms with Gasteiger partial charge in [0.1, 0.15) is 5.75 Å². The molecular weight excluding hydrogens is 244 g/mol. The molecule has 14 heavy (non-hydrogen) atoms. The molecule has 0 N–H and O–H groups in total. The van der Waals surface area contributed by atoms with Crippen molar-refractivity contribution < 1.29 is 4.74 Å². The lowest BCUT2D eigenvalue weighted by atomic mass is 10.2. The van der Waals surface area contributed by atoms with E-state index in [0.717, 1.165) is 26.8 Å². The Kier molecular flexibility index (Phi) is 2.23. The van der Waals surface area contributed by atoms with Crippen LogP contribution in [0.2, 0.25) is 0 Å². The minimum atomic E-state index is 0.855. The van der Waals surface area contributed by atoms with Crippen LogP contribution in [0.4, 0.5) is 0 Å². The molecule has 0 unspecified atom stereocenters. The first kappa shape index (κ1) is 9.52. The molecule has 0 aliphatic heterocycles. The zero-order valence-electron chi connectivity index (χ0n) is 8.34. The third-order valence-corrected chi connectivity index (χ3v) is 2.93. The highest BCUT2D eigenvalue weighted by atomic mass is 79.9. The number of ether oxygens (including phenoxy) is 1. The van der Waals surface area contributed by atoms with E-state index in [4.69, 9.17) is 4.74 Å². The minimum Gasteiger partial charge on any atom is -0.495 e. The van der Waals surface area contributed by atoms with Crippen molar-refractivity contribution in [3.63, 3.8) is 0 Å². The van der Waals surface area contributed by atoms with Gasteiger partial charge in [-0.1, -0.05) is 0 Å². The van der Waals surface area contributed by atoms with E-state index in [0.29, 0.717) is 0 Å². The largest absolute Gasteiger partial charge is 0.495 e. The molecule has 2 aromatic rings. The van der Waals surface area contributed by atoms with Gasteiger partial charge >= 0.3 is 0 Å². The number of fused-ring (bicyclic) bond motifs is 1. The highest BCUT2D eigenvalue weighted by Crippen LogP contribution is 2.34. The van der Waals surface area contributed by atoms with Crippen molar-refractivity contribution in [1.29, 1.82) is 0 Å². The molecule has 0 aliphatic carbocycles. The maximum absolute atomic E-state index is 5.35. The first-order chi connectivity index (χ1) is 6.65. The molecule has 0 saturated carbocycles. The van der Waals surface area contributed by atoms with Gasteiger partial charge in [-0.2, -0.15) is 5.10 Å². The Labute approximate surface area is 90.8 Å². The Hall–Kier alpha value is -1.03. The number of aromatic nitrogens is 2. The molecule has 1 aromatic heterocycles. The number of rotatable bonds is 1. The van der Waals surface area contributed by atoms with E-state index in [2.05, 4.69) is 21.0 Å². The van der Waals surface area contributed by atoms with Crippen LogP contribution in [-0.4, -0.2) is 16.9 Å². The second-order valence-electron chi connectivity index (χ2n) is 3.18. The Morgan fingerprint density at radius 2 is 2.14 bits per heavy atom. The molecule has 0 fully saturated rings. The molecular formula is C10H11BrN2O. The van der Waals surface area contributed by atoms with E-state index >= 15 is 0 Å². The van der Waals surface area contributed by atoms with Crippen LogP contribution in [-0.2, 0) is 7.05 Å². The molecule has 0 bridgehead atoms. The quantitative estimate of drug-likeness (QED) is 0.783. The lowest BCUT2D eigenvalue weighted by Gasteiger charge is -2.04. The highest BCUT2D eigenvalue weighted by Gasteiger charge is 2.12. The van der Waals surface area contributed by atoms with Gasteiger partial charge in [-0.3, -0.25) is 4.68 Å². The second-order valence-corrected chi connectivity index (χ2v) is 4.04. The Morgan fingerprint density at radius 1 is 1.43 bits per heavy atom. The number of benzene rings is 1. The lowest BCUT2D eigenvalue weighted by Crippen LogP contribution is -1.89. The number of methoxy groups -OCH3 is 1. The van der Waals surface area contributed by atoms with Crippen LogP contribution in [0.15, 0.2) is 16.6 Å². The van der Waals surface area contributed by atoms with Crippen LogP contribution in [0, 0.1) is 6.92 Å². The summed E-state index contributed by atoms with van der Waals surface area (Å²) in [7, 11) is 3.61. The SMILES string of the molecule is COc1c(Br)ccc2c1c(C)nn2C. The first-order valence-corrected chi connectivity index (χ1v) is 5.10. The van der Waals surface area contributed by atoms with Crippen molar-refractivity contribution in [2.75, 3.05) is 7.11 Å². The van der Waals surface area contributed by atoms with E-state index in [1.54, 1.807) is 7.11 Å². The lowest BCUT2D eigenvalue weighted by molar-refractivity contribution is 0.417. The van der Waals surface area contributed by atoms with E-state index < -0.39 is 0 Å². The van der Waals surface area contributed by atoms with Gasteiger partial charge in [0.2, 0.25) is 0 Å². The Morgan fingerprint density at radius 3 is 2.79 bits per heavy atom. The van der Waals surface area contributed by atoms with Gasteiger partial charge in [0.25, 0.3) is 0 Å². The fourth-order valence-corrected chi connectivity index (χ4v) is 2.19. The summed E-state index contributed by atoms with van der Waals surface area (Å²) in [5, 5.41) is 5.43. The molecule has 0 aliphatic rings. The molecule has 1 aromatic carbocycles. The number of aryl methyl sites for hydroxylation is 2. The average molecular weight is 255 g/mol. The Balaban J connectivity index is 2.92. The summed E-state index contributed by atoms with van der Waals surface area (Å²) in [5.74, 6) is 0.855. The first-order valence-electron chi connectivity index (χ1n) is 4.31. The monoisotopic (exact) mass is 254 g/mol. The minimum absolute atomic E-state index is 0.855. The standard InChI is InChI=1S/C10H11BrN2O/c1-6-9-8(13(2)12-6)5-4-7(11)10(9)14-3/h4-5H,1-3H3. The predicted molar refractivity (Wildman–Crippen MR) is 59.7 cm³/mol. The molecule has 1 heterocycles. The van der Waals surface area contributed by atoms with Gasteiger partial charge in [0.05, 0.1) is 28.2 Å². The molecule has 74 valence electrons. The van der Waals surface area contributed by atoms with Crippen molar-refractivity contribution in [2.45, 2.75) is 6.92 Å². The van der Waals surface area contributed by atoms with Gasteiger partial charge < -0.3 is 4.74 Å². The fraction of sp³-hybridized carbons (Fsp3) is 0.300. The van der Waals surface area contributed by atoms with Crippen LogP contribution in [0.3, 0.4) is 0 Å².